The Labute approximate surface area is 112 Å². The van der Waals surface area contributed by atoms with Gasteiger partial charge in [-0.15, -0.1) is 0 Å². The first-order chi connectivity index (χ1) is 8.81. The molecule has 0 amide bonds. The van der Waals surface area contributed by atoms with Gasteiger partial charge in [-0.1, -0.05) is 18.7 Å². The fourth-order valence-electron chi connectivity index (χ4n) is 1.77. The van der Waals surface area contributed by atoms with Gasteiger partial charge in [0.25, 0.3) is 0 Å². The third kappa shape index (κ3) is 4.32. The minimum atomic E-state index is -0.455. The first kappa shape index (κ1) is 15.1. The maximum absolute atomic E-state index is 11.9. The molecule has 0 spiro atoms. The number of rotatable bonds is 6. The van der Waals surface area contributed by atoms with E-state index < -0.39 is 5.97 Å². The van der Waals surface area contributed by atoms with E-state index in [0.29, 0.717) is 5.57 Å². The van der Waals surface area contributed by atoms with E-state index in [-0.39, 0.29) is 42.5 Å². The van der Waals surface area contributed by atoms with Gasteiger partial charge < -0.3 is 4.74 Å². The number of ketones is 2. The van der Waals surface area contributed by atoms with Crippen LogP contribution in [0, 0.1) is 5.92 Å². The second-order valence-corrected chi connectivity index (χ2v) is 4.92. The topological polar surface area (TPSA) is 60.4 Å². The number of hydrogen-bond acceptors (Lipinski definition) is 4. The summed E-state index contributed by atoms with van der Waals surface area (Å²) in [5, 5.41) is 0. The van der Waals surface area contributed by atoms with Crippen molar-refractivity contribution < 1.29 is 19.1 Å². The predicted molar refractivity (Wildman–Crippen MR) is 71.4 cm³/mol. The average molecular weight is 262 g/mol. The largest absolute Gasteiger partial charge is 0.462 e. The molecule has 1 saturated heterocycles. The quantitative estimate of drug-likeness (QED) is 0.543. The van der Waals surface area contributed by atoms with Crippen LogP contribution in [0.3, 0.4) is 0 Å². The van der Waals surface area contributed by atoms with Gasteiger partial charge in [0.2, 0.25) is 0 Å². The smallest absolute Gasteiger partial charge is 0.333 e. The van der Waals surface area contributed by atoms with E-state index in [1.54, 1.807) is 0 Å². The molecule has 1 rings (SSSR count). The Balaban J connectivity index is 2.52. The van der Waals surface area contributed by atoms with E-state index in [1.807, 2.05) is 13.8 Å². The van der Waals surface area contributed by atoms with Crippen LogP contribution >= 0.6 is 0 Å². The number of esters is 1. The zero-order chi connectivity index (χ0) is 14.6. The second-order valence-electron chi connectivity index (χ2n) is 4.92. The normalized spacial score (nSPS) is 17.9. The Bertz CT molecular complexity index is 478. The van der Waals surface area contributed by atoms with Crippen LogP contribution in [-0.2, 0) is 19.1 Å². The van der Waals surface area contributed by atoms with Crippen LogP contribution in [0.1, 0.15) is 26.7 Å². The summed E-state index contributed by atoms with van der Waals surface area (Å²) in [6.07, 6.45) is 1.61. The van der Waals surface area contributed by atoms with Gasteiger partial charge in [0.05, 0.1) is 6.61 Å². The van der Waals surface area contributed by atoms with E-state index in [1.165, 1.54) is 6.08 Å². The zero-order valence-corrected chi connectivity index (χ0v) is 11.3. The molecule has 1 fully saturated rings. The van der Waals surface area contributed by atoms with Crippen molar-refractivity contribution in [3.05, 3.63) is 36.0 Å². The van der Waals surface area contributed by atoms with E-state index in [2.05, 4.69) is 13.2 Å². The Kier molecular flexibility index (Phi) is 4.98. The molecule has 4 heteroatoms. The molecule has 0 radical (unpaired) electrons. The molecule has 19 heavy (non-hydrogen) atoms. The van der Waals surface area contributed by atoms with Gasteiger partial charge >= 0.3 is 5.97 Å². The Morgan fingerprint density at radius 1 is 1.42 bits per heavy atom. The van der Waals surface area contributed by atoms with Crippen LogP contribution in [0.5, 0.6) is 0 Å². The molecule has 0 bridgehead atoms. The molecule has 0 aromatic heterocycles. The summed E-state index contributed by atoms with van der Waals surface area (Å²) in [6, 6.07) is 0. The van der Waals surface area contributed by atoms with Crippen molar-refractivity contribution in [2.75, 3.05) is 6.61 Å². The highest BCUT2D eigenvalue weighted by molar-refractivity contribution is 6.03. The van der Waals surface area contributed by atoms with Gasteiger partial charge in [0.1, 0.15) is 0 Å². The molecule has 1 aliphatic heterocycles. The fraction of sp³-hybridized carbons (Fsp3) is 0.400. The summed E-state index contributed by atoms with van der Waals surface area (Å²) in [5.41, 5.74) is 1.46. The van der Waals surface area contributed by atoms with Gasteiger partial charge in [-0.2, -0.15) is 0 Å². The Hall–Kier alpha value is -1.97. The van der Waals surface area contributed by atoms with Gasteiger partial charge in [0.15, 0.2) is 11.6 Å². The molecule has 0 aromatic carbocycles. The Morgan fingerprint density at radius 2 is 2.05 bits per heavy atom. The molecule has 0 N–H and O–H groups in total. The van der Waals surface area contributed by atoms with E-state index in [9.17, 15) is 14.4 Å². The third-order valence-electron chi connectivity index (χ3n) is 2.83. The lowest BCUT2D eigenvalue weighted by Gasteiger charge is -2.07. The van der Waals surface area contributed by atoms with E-state index >= 15 is 0 Å². The van der Waals surface area contributed by atoms with Gasteiger partial charge in [-0.3, -0.25) is 9.59 Å². The zero-order valence-electron chi connectivity index (χ0n) is 11.3. The van der Waals surface area contributed by atoms with Crippen LogP contribution in [0.15, 0.2) is 36.0 Å². The van der Waals surface area contributed by atoms with E-state index in [0.717, 1.165) is 5.57 Å². The van der Waals surface area contributed by atoms with Crippen molar-refractivity contribution in [1.82, 2.24) is 0 Å². The molecule has 1 aliphatic rings. The van der Waals surface area contributed by atoms with Crippen molar-refractivity contribution in [3.63, 3.8) is 0 Å². The minimum absolute atomic E-state index is 0.0119. The van der Waals surface area contributed by atoms with Crippen LogP contribution in [-0.4, -0.2) is 24.1 Å². The number of carbonyl (C=O) groups is 3. The molecule has 0 aromatic rings. The number of allylic oxidation sites excluding steroid dienone is 3. The summed E-state index contributed by atoms with van der Waals surface area (Å²) >= 11 is 0. The second kappa shape index (κ2) is 6.27. The third-order valence-corrected chi connectivity index (χ3v) is 2.83. The highest BCUT2D eigenvalue weighted by Gasteiger charge is 2.30. The number of ether oxygens (including phenoxy) is 1. The lowest BCUT2D eigenvalue weighted by Crippen LogP contribution is -2.13. The summed E-state index contributed by atoms with van der Waals surface area (Å²) < 4.78 is 4.80. The lowest BCUT2D eigenvalue weighted by molar-refractivity contribution is -0.135. The molecular weight excluding hydrogens is 244 g/mol. The molecule has 1 atom stereocenters. The predicted octanol–water partition coefficient (Wildman–Crippen LogP) is 2.16. The van der Waals surface area contributed by atoms with Crippen LogP contribution in [0.25, 0.3) is 0 Å². The fourth-order valence-corrected chi connectivity index (χ4v) is 1.77. The lowest BCUT2D eigenvalue weighted by atomic mass is 9.93. The first-order valence-electron chi connectivity index (χ1n) is 6.06. The number of carbonyl (C=O) groups excluding carboxylic acids is 3. The maximum atomic E-state index is 11.9. The molecule has 1 heterocycles. The molecule has 1 unspecified atom stereocenters. The van der Waals surface area contributed by atoms with Crippen LogP contribution in [0.2, 0.25) is 0 Å². The SMILES string of the molecule is C=C(CC(=O)C=C(C)C)C(=O)CC1COC(=O)C1=C. The average Bonchev–Trinajstić information content (AvgIpc) is 2.59. The van der Waals surface area contributed by atoms with Crippen molar-refractivity contribution in [3.8, 4) is 0 Å². The van der Waals surface area contributed by atoms with Crippen molar-refractivity contribution in [2.24, 2.45) is 5.92 Å². The van der Waals surface area contributed by atoms with Crippen molar-refractivity contribution in [1.29, 1.82) is 0 Å². The Morgan fingerprint density at radius 3 is 2.53 bits per heavy atom. The number of hydrogen-bond donors (Lipinski definition) is 0. The molecule has 0 saturated carbocycles. The van der Waals surface area contributed by atoms with Gasteiger partial charge in [0, 0.05) is 24.3 Å². The molecular formula is C15H18O4. The highest BCUT2D eigenvalue weighted by atomic mass is 16.5. The summed E-state index contributed by atoms with van der Waals surface area (Å²) in [6.45, 7) is 11.0. The summed E-state index contributed by atoms with van der Waals surface area (Å²) in [7, 11) is 0. The van der Waals surface area contributed by atoms with Gasteiger partial charge in [-0.25, -0.2) is 4.79 Å². The summed E-state index contributed by atoms with van der Waals surface area (Å²) in [5.74, 6) is -1.12. The number of cyclic esters (lactones) is 1. The monoisotopic (exact) mass is 262 g/mol. The standard InChI is InChI=1S/C15H18O4/c1-9(2)5-13(16)6-10(3)14(17)7-12-8-19-15(18)11(12)4/h5,12H,3-4,6-8H2,1-2H3. The highest BCUT2D eigenvalue weighted by Crippen LogP contribution is 2.24. The minimum Gasteiger partial charge on any atom is -0.462 e. The number of Topliss-reactive ketones (excluding diaryl/α,β-unsaturated/α-hetero) is 1. The van der Waals surface area contributed by atoms with Crippen molar-refractivity contribution >= 4 is 17.5 Å². The first-order valence-corrected chi connectivity index (χ1v) is 6.06. The summed E-state index contributed by atoms with van der Waals surface area (Å²) in [4.78, 5) is 34.5. The van der Waals surface area contributed by atoms with Crippen molar-refractivity contribution in [2.45, 2.75) is 26.7 Å². The molecule has 0 aliphatic carbocycles. The van der Waals surface area contributed by atoms with E-state index in [4.69, 9.17) is 4.74 Å². The molecule has 102 valence electrons. The van der Waals surface area contributed by atoms with Crippen LogP contribution in [0.4, 0.5) is 0 Å². The maximum Gasteiger partial charge on any atom is 0.333 e. The van der Waals surface area contributed by atoms with Gasteiger partial charge in [-0.05, 0) is 25.5 Å². The molecule has 4 nitrogen and oxygen atoms in total. The van der Waals surface area contributed by atoms with Crippen LogP contribution < -0.4 is 0 Å².